The van der Waals surface area contributed by atoms with Crippen LogP contribution < -0.4 is 14.8 Å². The predicted molar refractivity (Wildman–Crippen MR) is 247 cm³/mol. The molecule has 4 aliphatic rings. The fraction of sp³-hybridized carbons (Fsp3) is 0.520. The number of benzene rings is 3. The van der Waals surface area contributed by atoms with Crippen LogP contribution in [0.4, 0.5) is 4.79 Å². The molecule has 3 fully saturated rings. The summed E-state index contributed by atoms with van der Waals surface area (Å²) in [5.41, 5.74) is 3.84. The lowest BCUT2D eigenvalue weighted by atomic mass is 9.76. The number of methoxy groups -OCH3 is 1. The van der Waals surface area contributed by atoms with Crippen LogP contribution in [-0.4, -0.2) is 92.4 Å². The van der Waals surface area contributed by atoms with E-state index in [0.29, 0.717) is 30.1 Å². The van der Waals surface area contributed by atoms with Gasteiger partial charge in [0, 0.05) is 34.7 Å². The number of ether oxygens (including phenoxy) is 5. The number of carbonyl (C=O) groups excluding carboxylic acids is 1. The van der Waals surface area contributed by atoms with E-state index in [1.54, 1.807) is 23.5 Å². The van der Waals surface area contributed by atoms with Crippen molar-refractivity contribution in [3.8, 4) is 21.9 Å². The van der Waals surface area contributed by atoms with E-state index in [1.807, 2.05) is 62.4 Å². The van der Waals surface area contributed by atoms with Gasteiger partial charge in [-0.1, -0.05) is 64.1 Å². The van der Waals surface area contributed by atoms with E-state index in [-0.39, 0.29) is 72.7 Å². The molecule has 1 amide bonds. The monoisotopic (exact) mass is 930 g/mol. The van der Waals surface area contributed by atoms with Crippen LogP contribution in [-0.2, 0) is 50.1 Å². The number of aliphatic hydroxyl groups is 1. The number of amides is 1. The van der Waals surface area contributed by atoms with Crippen LogP contribution in [0, 0.1) is 23.2 Å². The third-order valence-corrected chi connectivity index (χ3v) is 16.6. The Morgan fingerprint density at radius 3 is 2.45 bits per heavy atom. The van der Waals surface area contributed by atoms with Crippen LogP contribution in [0.25, 0.3) is 10.4 Å². The normalized spacial score (nSPS) is 23.3. The van der Waals surface area contributed by atoms with Gasteiger partial charge < -0.3 is 39.2 Å². The second-order valence-electron chi connectivity index (χ2n) is 19.2. The Labute approximate surface area is 386 Å². The third kappa shape index (κ3) is 10.6. The number of thiophene rings is 1. The molecule has 0 spiro atoms. The van der Waals surface area contributed by atoms with Gasteiger partial charge in [-0.25, -0.2) is 18.0 Å². The standard InChI is InChI=1S/C50H62N2O11S2/c1-30(2)27-52(65(57,58)35-19-17-33(59-5)18-20-35)28-40(53)39(51-49(56)63-42-12-8-11-41-44(42)37-22-24-60-48(37)62-41)25-31-13-15-34(16-14-31)61-29-32-9-6-7-10-36(32)46-45(47(54)55)38-26-50(3,4)23-21-43(38)64-46/h6-7,9-10,13-20,30,37,39-42,44,48,53H,8,11-12,21-29H2,1-5H3,(H,51,56)(H,54,55)/t37-,39+,40-,41-,42+,44-,48+/m1/s1. The quantitative estimate of drug-likeness (QED) is 0.0928. The Hall–Kier alpha value is -4.51. The van der Waals surface area contributed by atoms with Gasteiger partial charge in [0.05, 0.1) is 42.4 Å². The molecule has 65 heavy (non-hydrogen) atoms. The molecule has 13 nitrogen and oxygen atoms in total. The van der Waals surface area contributed by atoms with Crippen LogP contribution in [0.15, 0.2) is 77.7 Å². The van der Waals surface area contributed by atoms with Gasteiger partial charge in [0.15, 0.2) is 6.29 Å². The van der Waals surface area contributed by atoms with E-state index < -0.39 is 34.2 Å². The first-order valence-electron chi connectivity index (χ1n) is 22.8. The first-order chi connectivity index (χ1) is 31.1. The van der Waals surface area contributed by atoms with Gasteiger partial charge in [0.25, 0.3) is 0 Å². The lowest BCUT2D eigenvalue weighted by Crippen LogP contribution is -2.52. The number of aryl methyl sites for hydroxylation is 1. The SMILES string of the molecule is COc1ccc(S(=O)(=O)N(CC(C)C)C[C@@H](O)[C@H](Cc2ccc(OCc3ccccc3-c3sc4c(c3C(=O)O)CC(C)(C)CC4)cc2)NC(=O)O[C@H]2CCC[C@H]3O[C@@H]4OCC[C@@H]4[C@@H]23)cc1. The maximum atomic E-state index is 14.1. The number of nitrogens with zero attached hydrogens (tertiary/aromatic N) is 1. The molecule has 3 aromatic carbocycles. The molecule has 7 atom stereocenters. The molecule has 350 valence electrons. The molecule has 0 bridgehead atoms. The first-order valence-corrected chi connectivity index (χ1v) is 25.1. The second-order valence-corrected chi connectivity index (χ2v) is 22.2. The molecular formula is C50H62N2O11S2. The Kier molecular flexibility index (Phi) is 14.3. The minimum Gasteiger partial charge on any atom is -0.497 e. The summed E-state index contributed by atoms with van der Waals surface area (Å²) in [6.07, 6.45) is 3.30. The number of sulfonamides is 1. The molecule has 15 heteroatoms. The average molecular weight is 931 g/mol. The molecule has 1 aromatic heterocycles. The molecule has 2 aliphatic heterocycles. The lowest BCUT2D eigenvalue weighted by molar-refractivity contribution is -0.125. The van der Waals surface area contributed by atoms with Crippen molar-refractivity contribution in [1.82, 2.24) is 9.62 Å². The average Bonchev–Trinajstić information content (AvgIpc) is 3.99. The summed E-state index contributed by atoms with van der Waals surface area (Å²) < 4.78 is 59.2. The second kappa shape index (κ2) is 19.8. The number of fused-ring (bicyclic) bond motifs is 4. The Balaban J connectivity index is 0.999. The number of aromatic carboxylic acids is 1. The minimum atomic E-state index is -4.06. The van der Waals surface area contributed by atoms with E-state index >= 15 is 0 Å². The zero-order valence-electron chi connectivity index (χ0n) is 37.9. The van der Waals surface area contributed by atoms with Gasteiger partial charge in [-0.05, 0) is 121 Å². The van der Waals surface area contributed by atoms with Crippen molar-refractivity contribution in [1.29, 1.82) is 0 Å². The molecule has 3 N–H and O–H groups in total. The Morgan fingerprint density at radius 1 is 0.985 bits per heavy atom. The highest BCUT2D eigenvalue weighted by molar-refractivity contribution is 7.89. The Morgan fingerprint density at radius 2 is 1.72 bits per heavy atom. The maximum Gasteiger partial charge on any atom is 0.407 e. The lowest BCUT2D eigenvalue weighted by Gasteiger charge is -2.35. The molecular weight excluding hydrogens is 869 g/mol. The van der Waals surface area contributed by atoms with E-state index in [0.717, 1.165) is 70.5 Å². The molecule has 4 aromatic rings. The van der Waals surface area contributed by atoms with Crippen molar-refractivity contribution < 1.29 is 51.9 Å². The number of hydrogen-bond acceptors (Lipinski definition) is 11. The number of aliphatic hydroxyl groups excluding tert-OH is 1. The van der Waals surface area contributed by atoms with Crippen LogP contribution in [0.3, 0.4) is 0 Å². The van der Waals surface area contributed by atoms with Crippen molar-refractivity contribution in [2.45, 2.75) is 121 Å². The summed E-state index contributed by atoms with van der Waals surface area (Å²) in [7, 11) is -2.55. The van der Waals surface area contributed by atoms with Crippen LogP contribution in [0.2, 0.25) is 0 Å². The van der Waals surface area contributed by atoms with Crippen LogP contribution in [0.1, 0.15) is 91.7 Å². The number of alkyl carbamates (subject to hydrolysis) is 1. The van der Waals surface area contributed by atoms with Gasteiger partial charge >= 0.3 is 12.1 Å². The number of carboxylic acids is 1. The highest BCUT2D eigenvalue weighted by atomic mass is 32.2. The van der Waals surface area contributed by atoms with Gasteiger partial charge in [0.1, 0.15) is 24.2 Å². The summed E-state index contributed by atoms with van der Waals surface area (Å²) >= 11 is 1.57. The largest absolute Gasteiger partial charge is 0.497 e. The van der Waals surface area contributed by atoms with Crippen LogP contribution >= 0.6 is 11.3 Å². The van der Waals surface area contributed by atoms with Gasteiger partial charge in [-0.15, -0.1) is 11.3 Å². The fourth-order valence-electron chi connectivity index (χ4n) is 10.1. The fourth-order valence-corrected chi connectivity index (χ4v) is 13.1. The van der Waals surface area contributed by atoms with E-state index in [1.165, 1.54) is 23.5 Å². The summed E-state index contributed by atoms with van der Waals surface area (Å²) in [6, 6.07) is 20.3. The van der Waals surface area contributed by atoms with Crippen molar-refractivity contribution >= 4 is 33.4 Å². The highest BCUT2D eigenvalue weighted by Crippen LogP contribution is 2.48. The molecule has 8 rings (SSSR count). The van der Waals surface area contributed by atoms with Gasteiger partial charge in [-0.2, -0.15) is 4.31 Å². The molecule has 1 saturated carbocycles. The zero-order chi connectivity index (χ0) is 46.0. The topological polar surface area (TPSA) is 170 Å². The van der Waals surface area contributed by atoms with Crippen molar-refractivity contribution in [3.05, 3.63) is 99.9 Å². The predicted octanol–water partition coefficient (Wildman–Crippen LogP) is 8.49. The molecule has 2 aliphatic carbocycles. The summed E-state index contributed by atoms with van der Waals surface area (Å²) in [6.45, 7) is 8.86. The molecule has 2 saturated heterocycles. The molecule has 0 unspecified atom stereocenters. The molecule has 3 heterocycles. The maximum absolute atomic E-state index is 14.1. The molecule has 0 radical (unpaired) electrons. The van der Waals surface area contributed by atoms with E-state index in [2.05, 4.69) is 19.2 Å². The number of nitrogens with one attached hydrogen (secondary N) is 1. The summed E-state index contributed by atoms with van der Waals surface area (Å²) in [5, 5.41) is 25.4. The van der Waals surface area contributed by atoms with E-state index in [4.69, 9.17) is 23.7 Å². The number of carboxylic acid groups (broad SMARTS) is 1. The smallest absolute Gasteiger partial charge is 0.407 e. The summed E-state index contributed by atoms with van der Waals surface area (Å²) in [4.78, 5) is 28.5. The number of rotatable bonds is 17. The van der Waals surface area contributed by atoms with Gasteiger partial charge in [0.2, 0.25) is 10.0 Å². The van der Waals surface area contributed by atoms with Crippen molar-refractivity contribution in [2.24, 2.45) is 23.2 Å². The number of carbonyl (C=O) groups is 2. The Bertz CT molecular complexity index is 2420. The third-order valence-electron chi connectivity index (χ3n) is 13.4. The zero-order valence-corrected chi connectivity index (χ0v) is 39.5. The van der Waals surface area contributed by atoms with E-state index in [9.17, 15) is 28.2 Å². The van der Waals surface area contributed by atoms with Gasteiger partial charge in [-0.3, -0.25) is 0 Å². The first kappa shape index (κ1) is 47.0. The number of hydrogen-bond donors (Lipinski definition) is 3. The van der Waals surface area contributed by atoms with Crippen LogP contribution in [0.5, 0.6) is 11.5 Å². The summed E-state index contributed by atoms with van der Waals surface area (Å²) in [5.74, 6) is 0.280. The van der Waals surface area contributed by atoms with Crippen molar-refractivity contribution in [3.63, 3.8) is 0 Å². The minimum absolute atomic E-state index is 0.0170. The van der Waals surface area contributed by atoms with Crippen molar-refractivity contribution in [2.75, 3.05) is 26.8 Å². The highest BCUT2D eigenvalue weighted by Gasteiger charge is 2.53.